The van der Waals surface area contributed by atoms with Crippen molar-refractivity contribution in [3.05, 3.63) is 21.6 Å². The molecule has 0 saturated carbocycles. The number of carbonyl (C=O) groups excluding carboxylic acids is 1. The van der Waals surface area contributed by atoms with Gasteiger partial charge in [0, 0.05) is 17.9 Å². The lowest BCUT2D eigenvalue weighted by atomic mass is 9.83. The summed E-state index contributed by atoms with van der Waals surface area (Å²) in [6.07, 6.45) is 1.52. The van der Waals surface area contributed by atoms with Crippen LogP contribution in [0.5, 0.6) is 0 Å². The van der Waals surface area contributed by atoms with Gasteiger partial charge in [-0.2, -0.15) is 0 Å². The predicted octanol–water partition coefficient (Wildman–Crippen LogP) is 0.490. The van der Waals surface area contributed by atoms with Crippen molar-refractivity contribution in [2.75, 3.05) is 6.54 Å². The van der Waals surface area contributed by atoms with Gasteiger partial charge in [0.1, 0.15) is 5.70 Å². The van der Waals surface area contributed by atoms with E-state index in [1.54, 1.807) is 13.0 Å². The van der Waals surface area contributed by atoms with Gasteiger partial charge in [0.25, 0.3) is 0 Å². The smallest absolute Gasteiger partial charge is 0.353 e. The number of fused-ring (bicyclic) bond motifs is 1. The van der Waals surface area contributed by atoms with Crippen LogP contribution in [0.3, 0.4) is 0 Å². The van der Waals surface area contributed by atoms with E-state index >= 15 is 0 Å². The van der Waals surface area contributed by atoms with Crippen molar-refractivity contribution in [2.45, 2.75) is 32.4 Å². The zero-order chi connectivity index (χ0) is 15.0. The zero-order valence-corrected chi connectivity index (χ0v) is 12.2. The summed E-state index contributed by atoms with van der Waals surface area (Å²) in [5.41, 5.74) is 5.48. The highest BCUT2D eigenvalue weighted by molar-refractivity contribution is 8.06. The quantitative estimate of drug-likeness (QED) is 0.638. The van der Waals surface area contributed by atoms with E-state index in [0.717, 1.165) is 4.91 Å². The number of nitrogens with zero attached hydrogens (tertiary/aromatic N) is 1. The number of thioether (sulfide) groups is 1. The van der Waals surface area contributed by atoms with Gasteiger partial charge in [-0.15, -0.1) is 0 Å². The zero-order valence-electron chi connectivity index (χ0n) is 11.4. The van der Waals surface area contributed by atoms with Crippen molar-refractivity contribution >= 4 is 23.6 Å². The van der Waals surface area contributed by atoms with Gasteiger partial charge in [-0.1, -0.05) is 17.8 Å². The Morgan fingerprint density at radius 3 is 2.80 bits per heavy atom. The number of hydrogen-bond donors (Lipinski definition) is 3. The molecule has 110 valence electrons. The number of amides is 1. The summed E-state index contributed by atoms with van der Waals surface area (Å²) in [6.45, 7) is 3.80. The second-order valence-electron chi connectivity index (χ2n) is 4.98. The highest BCUT2D eigenvalue weighted by Gasteiger charge is 2.56. The van der Waals surface area contributed by atoms with Crippen molar-refractivity contribution in [1.29, 1.82) is 0 Å². The molecule has 2 aliphatic rings. The largest absolute Gasteiger partial charge is 0.477 e. The number of allylic oxidation sites excluding steroid dienone is 1. The number of rotatable bonds is 5. The summed E-state index contributed by atoms with van der Waals surface area (Å²) in [7, 11) is 0. The molecular weight excluding hydrogens is 280 g/mol. The number of aliphatic hydroxyl groups excluding tert-OH is 1. The lowest BCUT2D eigenvalue weighted by Crippen LogP contribution is -2.61. The Kier molecular flexibility index (Phi) is 4.22. The molecule has 20 heavy (non-hydrogen) atoms. The van der Waals surface area contributed by atoms with E-state index in [0.29, 0.717) is 17.9 Å². The Hall–Kier alpha value is -1.31. The molecule has 0 bridgehead atoms. The molecule has 2 heterocycles. The molecule has 1 fully saturated rings. The topological polar surface area (TPSA) is 104 Å². The van der Waals surface area contributed by atoms with Crippen LogP contribution in [0, 0.1) is 5.92 Å². The Labute approximate surface area is 121 Å². The number of carbonyl (C=O) groups is 2. The third-order valence-corrected chi connectivity index (χ3v) is 4.68. The number of nitrogens with two attached hydrogens (primary N) is 1. The maximum atomic E-state index is 12.0. The molecular formula is C13H18N2O4S. The number of hydrogen-bond acceptors (Lipinski definition) is 5. The third kappa shape index (κ3) is 2.36. The molecule has 0 aromatic carbocycles. The van der Waals surface area contributed by atoms with Gasteiger partial charge in [-0.3, -0.25) is 4.79 Å². The summed E-state index contributed by atoms with van der Waals surface area (Å²) < 4.78 is 0. The number of carboxylic acid groups (broad SMARTS) is 1. The van der Waals surface area contributed by atoms with Gasteiger partial charge in [0.2, 0.25) is 5.91 Å². The van der Waals surface area contributed by atoms with Crippen molar-refractivity contribution in [1.82, 2.24) is 4.90 Å². The summed E-state index contributed by atoms with van der Waals surface area (Å²) >= 11 is 1.34. The molecule has 0 aromatic heterocycles. The Morgan fingerprint density at radius 1 is 1.65 bits per heavy atom. The Morgan fingerprint density at radius 2 is 2.30 bits per heavy atom. The number of aliphatic hydroxyl groups is 1. The summed E-state index contributed by atoms with van der Waals surface area (Å²) in [5.74, 6) is -1.91. The second kappa shape index (κ2) is 5.59. The van der Waals surface area contributed by atoms with Crippen LogP contribution in [-0.4, -0.2) is 45.7 Å². The van der Waals surface area contributed by atoms with E-state index in [9.17, 15) is 19.8 Å². The average molecular weight is 298 g/mol. The van der Waals surface area contributed by atoms with E-state index in [-0.39, 0.29) is 17.6 Å². The van der Waals surface area contributed by atoms with E-state index in [1.165, 1.54) is 16.7 Å². The van der Waals surface area contributed by atoms with Crippen LogP contribution in [0.2, 0.25) is 0 Å². The maximum Gasteiger partial charge on any atom is 0.353 e. The molecule has 7 heteroatoms. The third-order valence-electron chi connectivity index (χ3n) is 3.58. The summed E-state index contributed by atoms with van der Waals surface area (Å²) in [4.78, 5) is 26.2. The standard InChI is InChI=1S/C13H18N2O4S/c1-6(3-4-14)20-9-5-8-10(7(2)16)12(17)15(8)11(9)13(18)19/h3,7-8,10,16H,4-5,14H2,1-2H3,(H,18,19)/b6-3+/t7-,8-,10-/m1/s1. The minimum Gasteiger partial charge on any atom is -0.477 e. The molecule has 1 saturated heterocycles. The average Bonchev–Trinajstić information content (AvgIpc) is 2.63. The lowest BCUT2D eigenvalue weighted by molar-refractivity contribution is -0.161. The number of β-lactam (4-membered cyclic amide) rings is 1. The fraction of sp³-hybridized carbons (Fsp3) is 0.538. The minimum atomic E-state index is -1.10. The minimum absolute atomic E-state index is 0.0478. The molecule has 2 aliphatic heterocycles. The second-order valence-corrected chi connectivity index (χ2v) is 6.32. The highest BCUT2D eigenvalue weighted by Crippen LogP contribution is 2.48. The molecule has 0 unspecified atom stereocenters. The summed E-state index contributed by atoms with van der Waals surface area (Å²) in [6, 6.07) is -0.234. The monoisotopic (exact) mass is 298 g/mol. The van der Waals surface area contributed by atoms with E-state index in [4.69, 9.17) is 5.73 Å². The SMILES string of the molecule is C/C(=C\CN)SC1=C(C(=O)O)N2C(=O)[C@H]([C@@H](C)O)[C@H]2C1. The van der Waals surface area contributed by atoms with Gasteiger partial charge in [-0.05, 0) is 18.8 Å². The predicted molar refractivity (Wildman–Crippen MR) is 75.5 cm³/mol. The van der Waals surface area contributed by atoms with Crippen LogP contribution in [0.4, 0.5) is 0 Å². The van der Waals surface area contributed by atoms with Crippen molar-refractivity contribution < 1.29 is 19.8 Å². The lowest BCUT2D eigenvalue weighted by Gasteiger charge is -2.44. The molecule has 0 radical (unpaired) electrons. The molecule has 0 aliphatic carbocycles. The van der Waals surface area contributed by atoms with Crippen molar-refractivity contribution in [3.63, 3.8) is 0 Å². The fourth-order valence-electron chi connectivity index (χ4n) is 2.72. The first-order valence-corrected chi connectivity index (χ1v) is 7.22. The fourth-order valence-corrected chi connectivity index (χ4v) is 3.83. The van der Waals surface area contributed by atoms with Crippen molar-refractivity contribution in [2.24, 2.45) is 11.7 Å². The molecule has 1 amide bonds. The summed E-state index contributed by atoms with van der Waals surface area (Å²) in [5, 5.41) is 18.9. The first kappa shape index (κ1) is 15.1. The normalized spacial score (nSPS) is 27.5. The maximum absolute atomic E-state index is 12.0. The van der Waals surface area contributed by atoms with Gasteiger partial charge in [0.05, 0.1) is 18.1 Å². The van der Waals surface area contributed by atoms with Gasteiger partial charge < -0.3 is 20.8 Å². The van der Waals surface area contributed by atoms with Crippen LogP contribution in [0.25, 0.3) is 0 Å². The van der Waals surface area contributed by atoms with Gasteiger partial charge in [0.15, 0.2) is 0 Å². The Bertz CT molecular complexity index is 513. The highest BCUT2D eigenvalue weighted by atomic mass is 32.2. The first-order chi connectivity index (χ1) is 9.38. The number of carboxylic acids is 1. The van der Waals surface area contributed by atoms with E-state index in [1.807, 2.05) is 6.92 Å². The van der Waals surface area contributed by atoms with Crippen LogP contribution in [0.1, 0.15) is 20.3 Å². The molecule has 2 rings (SSSR count). The molecule has 6 nitrogen and oxygen atoms in total. The first-order valence-electron chi connectivity index (χ1n) is 6.40. The molecule has 4 N–H and O–H groups in total. The number of aliphatic carboxylic acids is 1. The molecule has 0 spiro atoms. The van der Waals surface area contributed by atoms with Crippen LogP contribution >= 0.6 is 11.8 Å². The van der Waals surface area contributed by atoms with Crippen molar-refractivity contribution in [3.8, 4) is 0 Å². The van der Waals surface area contributed by atoms with Crippen LogP contribution in [-0.2, 0) is 9.59 Å². The van der Waals surface area contributed by atoms with Crippen LogP contribution in [0.15, 0.2) is 21.6 Å². The molecule has 3 atom stereocenters. The van der Waals surface area contributed by atoms with E-state index in [2.05, 4.69) is 0 Å². The Balaban J connectivity index is 2.26. The van der Waals surface area contributed by atoms with Gasteiger partial charge >= 0.3 is 5.97 Å². The van der Waals surface area contributed by atoms with Gasteiger partial charge in [-0.25, -0.2) is 4.79 Å². The molecule has 0 aromatic rings. The van der Waals surface area contributed by atoms with Crippen LogP contribution < -0.4 is 5.73 Å². The van der Waals surface area contributed by atoms with E-state index < -0.39 is 18.0 Å².